The van der Waals surface area contributed by atoms with Gasteiger partial charge in [0.25, 0.3) is 0 Å². The predicted molar refractivity (Wildman–Crippen MR) is 79.0 cm³/mol. The van der Waals surface area contributed by atoms with E-state index in [2.05, 4.69) is 9.88 Å². The molecule has 1 saturated heterocycles. The summed E-state index contributed by atoms with van der Waals surface area (Å²) in [5, 5.41) is 0. The average molecular weight is 273 g/mol. The quantitative estimate of drug-likeness (QED) is 0.783. The molecule has 1 aliphatic carbocycles. The van der Waals surface area contributed by atoms with Gasteiger partial charge in [-0.05, 0) is 37.7 Å². The van der Waals surface area contributed by atoms with Crippen LogP contribution in [0.3, 0.4) is 0 Å². The SMILES string of the molecule is Nc1cc2oc(=O)[nH]c2cc1N1CCCC2CCCC21. The second-order valence-corrected chi connectivity index (χ2v) is 6.02. The number of nitrogens with zero attached hydrogens (tertiary/aromatic N) is 1. The molecule has 0 bridgehead atoms. The van der Waals surface area contributed by atoms with Gasteiger partial charge in [-0.2, -0.15) is 0 Å². The number of nitrogens with one attached hydrogen (secondary N) is 1. The number of nitrogens with two attached hydrogens (primary N) is 1. The first-order valence-electron chi connectivity index (χ1n) is 7.41. The standard InChI is InChI=1S/C15H19N3O2/c16-10-7-14-11(17-15(19)20-14)8-13(10)18-6-2-4-9-3-1-5-12(9)18/h7-9,12H,1-6,16H2,(H,17,19). The van der Waals surface area contributed by atoms with E-state index in [4.69, 9.17) is 10.2 Å². The summed E-state index contributed by atoms with van der Waals surface area (Å²) < 4.78 is 5.07. The summed E-state index contributed by atoms with van der Waals surface area (Å²) in [4.78, 5) is 16.5. The maximum atomic E-state index is 11.3. The van der Waals surface area contributed by atoms with Crippen LogP contribution in [-0.2, 0) is 0 Å². The van der Waals surface area contributed by atoms with Crippen molar-refractivity contribution in [3.05, 3.63) is 22.7 Å². The molecule has 1 aliphatic heterocycles. The second kappa shape index (κ2) is 4.30. The summed E-state index contributed by atoms with van der Waals surface area (Å²) in [6.07, 6.45) is 6.47. The number of anilines is 2. The molecule has 2 unspecified atom stereocenters. The summed E-state index contributed by atoms with van der Waals surface area (Å²) in [7, 11) is 0. The largest absolute Gasteiger partial charge is 0.417 e. The van der Waals surface area contributed by atoms with E-state index in [0.29, 0.717) is 17.3 Å². The van der Waals surface area contributed by atoms with Crippen LogP contribution in [0.4, 0.5) is 11.4 Å². The Hall–Kier alpha value is -1.91. The smallest absolute Gasteiger partial charge is 0.408 e. The second-order valence-electron chi connectivity index (χ2n) is 6.02. The summed E-state index contributed by atoms with van der Waals surface area (Å²) in [5.74, 6) is 0.385. The zero-order valence-corrected chi connectivity index (χ0v) is 11.4. The van der Waals surface area contributed by atoms with E-state index in [1.54, 1.807) is 6.07 Å². The Kier molecular flexibility index (Phi) is 2.55. The lowest BCUT2D eigenvalue weighted by Crippen LogP contribution is -2.42. The van der Waals surface area contributed by atoms with Crippen LogP contribution in [0, 0.1) is 5.92 Å². The van der Waals surface area contributed by atoms with E-state index in [0.717, 1.165) is 23.7 Å². The van der Waals surface area contributed by atoms with Crippen LogP contribution < -0.4 is 16.4 Å². The third kappa shape index (κ3) is 1.72. The average Bonchev–Trinajstić information content (AvgIpc) is 3.02. The summed E-state index contributed by atoms with van der Waals surface area (Å²) >= 11 is 0. The Labute approximate surface area is 116 Å². The molecule has 1 aromatic carbocycles. The van der Waals surface area contributed by atoms with Crippen molar-refractivity contribution in [2.75, 3.05) is 17.2 Å². The van der Waals surface area contributed by atoms with Gasteiger partial charge in [-0.15, -0.1) is 0 Å². The van der Waals surface area contributed by atoms with Crippen molar-refractivity contribution >= 4 is 22.5 Å². The van der Waals surface area contributed by atoms with Gasteiger partial charge in [-0.1, -0.05) is 6.42 Å². The number of fused-ring (bicyclic) bond motifs is 2. The lowest BCUT2D eigenvalue weighted by Gasteiger charge is -2.40. The molecule has 2 atom stereocenters. The number of nitrogen functional groups attached to an aromatic ring is 1. The van der Waals surface area contributed by atoms with Crippen LogP contribution >= 0.6 is 0 Å². The molecule has 3 N–H and O–H groups in total. The highest BCUT2D eigenvalue weighted by molar-refractivity contribution is 5.85. The minimum absolute atomic E-state index is 0.422. The molecule has 5 nitrogen and oxygen atoms in total. The zero-order chi connectivity index (χ0) is 13.7. The van der Waals surface area contributed by atoms with Crippen molar-refractivity contribution < 1.29 is 4.42 Å². The molecule has 0 amide bonds. The minimum atomic E-state index is -0.422. The van der Waals surface area contributed by atoms with Gasteiger partial charge < -0.3 is 15.1 Å². The fraction of sp³-hybridized carbons (Fsp3) is 0.533. The van der Waals surface area contributed by atoms with E-state index >= 15 is 0 Å². The van der Waals surface area contributed by atoms with Gasteiger partial charge in [0, 0.05) is 18.7 Å². The maximum absolute atomic E-state index is 11.3. The van der Waals surface area contributed by atoms with E-state index < -0.39 is 5.76 Å². The fourth-order valence-electron chi connectivity index (χ4n) is 4.00. The van der Waals surface area contributed by atoms with E-state index in [-0.39, 0.29) is 0 Å². The molecule has 20 heavy (non-hydrogen) atoms. The van der Waals surface area contributed by atoms with Crippen LogP contribution in [-0.4, -0.2) is 17.6 Å². The van der Waals surface area contributed by atoms with Gasteiger partial charge in [-0.3, -0.25) is 4.98 Å². The fourth-order valence-corrected chi connectivity index (χ4v) is 4.00. The first kappa shape index (κ1) is 11.9. The minimum Gasteiger partial charge on any atom is -0.408 e. The maximum Gasteiger partial charge on any atom is 0.417 e. The van der Waals surface area contributed by atoms with E-state index in [1.165, 1.54) is 32.1 Å². The molecule has 2 aliphatic rings. The van der Waals surface area contributed by atoms with Crippen LogP contribution in [0.25, 0.3) is 11.1 Å². The van der Waals surface area contributed by atoms with Gasteiger partial charge >= 0.3 is 5.76 Å². The molecule has 4 rings (SSSR count). The number of aromatic amines is 1. The van der Waals surface area contributed by atoms with Crippen LogP contribution in [0.5, 0.6) is 0 Å². The lowest BCUT2D eigenvalue weighted by atomic mass is 9.91. The summed E-state index contributed by atoms with van der Waals surface area (Å²) in [6, 6.07) is 4.35. The first-order chi connectivity index (χ1) is 9.72. The molecule has 106 valence electrons. The van der Waals surface area contributed by atoms with Crippen molar-refractivity contribution in [2.24, 2.45) is 5.92 Å². The number of piperidine rings is 1. The number of aromatic nitrogens is 1. The van der Waals surface area contributed by atoms with E-state index in [9.17, 15) is 4.79 Å². The molecule has 2 heterocycles. The van der Waals surface area contributed by atoms with Crippen LogP contribution in [0.1, 0.15) is 32.1 Å². The number of benzene rings is 1. The molecule has 2 fully saturated rings. The number of hydrogen-bond donors (Lipinski definition) is 2. The van der Waals surface area contributed by atoms with Gasteiger partial charge in [-0.25, -0.2) is 4.79 Å². The molecule has 0 radical (unpaired) electrons. The predicted octanol–water partition coefficient (Wildman–Crippen LogP) is 2.47. The summed E-state index contributed by atoms with van der Waals surface area (Å²) in [5.41, 5.74) is 9.21. The van der Waals surface area contributed by atoms with Gasteiger partial charge in [0.15, 0.2) is 5.58 Å². The van der Waals surface area contributed by atoms with Crippen molar-refractivity contribution in [2.45, 2.75) is 38.1 Å². The number of oxazole rings is 1. The Morgan fingerprint density at radius 2 is 2.10 bits per heavy atom. The van der Waals surface area contributed by atoms with Gasteiger partial charge in [0.1, 0.15) is 0 Å². The third-order valence-corrected chi connectivity index (χ3v) is 4.87. The lowest BCUT2D eigenvalue weighted by molar-refractivity contribution is 0.363. The highest BCUT2D eigenvalue weighted by Gasteiger charge is 2.35. The molecule has 1 saturated carbocycles. The highest BCUT2D eigenvalue weighted by atomic mass is 16.4. The Balaban J connectivity index is 1.80. The van der Waals surface area contributed by atoms with E-state index in [1.807, 2.05) is 6.07 Å². The van der Waals surface area contributed by atoms with Crippen molar-refractivity contribution in [1.29, 1.82) is 0 Å². The number of hydrogen-bond acceptors (Lipinski definition) is 4. The Morgan fingerprint density at radius 1 is 1.25 bits per heavy atom. The van der Waals surface area contributed by atoms with Crippen molar-refractivity contribution in [3.8, 4) is 0 Å². The molecule has 1 aromatic heterocycles. The molecular formula is C15H19N3O2. The van der Waals surface area contributed by atoms with Gasteiger partial charge in [0.05, 0.1) is 16.9 Å². The van der Waals surface area contributed by atoms with Crippen LogP contribution in [0.2, 0.25) is 0 Å². The topological polar surface area (TPSA) is 75.3 Å². The normalized spacial score (nSPS) is 26.1. The molecular weight excluding hydrogens is 254 g/mol. The Bertz CT molecular complexity index is 703. The molecule has 0 spiro atoms. The number of H-pyrrole nitrogens is 1. The number of rotatable bonds is 1. The molecule has 2 aromatic rings. The zero-order valence-electron chi connectivity index (χ0n) is 11.4. The third-order valence-electron chi connectivity index (χ3n) is 4.87. The monoisotopic (exact) mass is 273 g/mol. The molecule has 5 heteroatoms. The summed E-state index contributed by atoms with van der Waals surface area (Å²) in [6.45, 7) is 1.05. The van der Waals surface area contributed by atoms with Gasteiger partial charge in [0.2, 0.25) is 0 Å². The first-order valence-corrected chi connectivity index (χ1v) is 7.41. The Morgan fingerprint density at radius 3 is 3.00 bits per heavy atom. The van der Waals surface area contributed by atoms with Crippen molar-refractivity contribution in [3.63, 3.8) is 0 Å². The van der Waals surface area contributed by atoms with Crippen LogP contribution in [0.15, 0.2) is 21.3 Å². The highest BCUT2D eigenvalue weighted by Crippen LogP contribution is 2.41. The van der Waals surface area contributed by atoms with Crippen molar-refractivity contribution in [1.82, 2.24) is 4.98 Å².